The number of hydrogen-bond acceptors (Lipinski definition) is 4. The second-order valence-corrected chi connectivity index (χ2v) is 4.91. The Labute approximate surface area is 106 Å². The third-order valence-corrected chi connectivity index (χ3v) is 3.31. The van der Waals surface area contributed by atoms with Crippen molar-refractivity contribution in [2.24, 2.45) is 0 Å². The maximum atomic E-state index is 11.2. The van der Waals surface area contributed by atoms with Crippen LogP contribution in [0.4, 0.5) is 11.4 Å². The van der Waals surface area contributed by atoms with Gasteiger partial charge in [-0.05, 0) is 38.0 Å². The zero-order valence-electron chi connectivity index (χ0n) is 10.4. The third-order valence-electron chi connectivity index (χ3n) is 3.31. The molecule has 4 N–H and O–H groups in total. The lowest BCUT2D eigenvalue weighted by Crippen LogP contribution is -2.41. The van der Waals surface area contributed by atoms with E-state index in [1.807, 2.05) is 0 Å². The molecular weight excluding hydrogens is 232 g/mol. The van der Waals surface area contributed by atoms with E-state index in [2.05, 4.69) is 12.2 Å². The van der Waals surface area contributed by atoms with E-state index in [9.17, 15) is 9.90 Å². The van der Waals surface area contributed by atoms with Crippen LogP contribution in [0.1, 0.15) is 30.1 Å². The lowest BCUT2D eigenvalue weighted by Gasteiger charge is -2.35. The Morgan fingerprint density at radius 1 is 1.44 bits per heavy atom. The van der Waals surface area contributed by atoms with E-state index in [0.717, 1.165) is 12.8 Å². The van der Waals surface area contributed by atoms with Crippen molar-refractivity contribution < 1.29 is 14.6 Å². The second-order valence-electron chi connectivity index (χ2n) is 4.91. The highest BCUT2D eigenvalue weighted by atomic mass is 16.5. The molecule has 1 aliphatic heterocycles. The summed E-state index contributed by atoms with van der Waals surface area (Å²) < 4.78 is 5.32. The molecule has 0 amide bonds. The number of nitrogens with two attached hydrogens (primary N) is 1. The van der Waals surface area contributed by atoms with Crippen LogP contribution in [0.3, 0.4) is 0 Å². The lowest BCUT2D eigenvalue weighted by atomic mass is 9.91. The number of ether oxygens (including phenoxy) is 1. The van der Waals surface area contributed by atoms with Gasteiger partial charge in [0.25, 0.3) is 0 Å². The zero-order chi connectivity index (χ0) is 13.2. The van der Waals surface area contributed by atoms with Crippen molar-refractivity contribution in [2.45, 2.75) is 25.3 Å². The number of benzene rings is 1. The van der Waals surface area contributed by atoms with Gasteiger partial charge in [-0.25, -0.2) is 4.79 Å². The van der Waals surface area contributed by atoms with Crippen molar-refractivity contribution in [1.82, 2.24) is 0 Å². The molecular formula is C13H18N2O3. The number of hydrogen-bond donors (Lipinski definition) is 3. The van der Waals surface area contributed by atoms with Crippen molar-refractivity contribution >= 4 is 17.3 Å². The molecule has 1 saturated heterocycles. The Hall–Kier alpha value is -1.75. The molecule has 1 fully saturated rings. The van der Waals surface area contributed by atoms with Crippen molar-refractivity contribution in [3.8, 4) is 0 Å². The second kappa shape index (κ2) is 4.86. The highest BCUT2D eigenvalue weighted by Gasteiger charge is 2.28. The normalized spacial score (nSPS) is 18.3. The molecule has 0 unspecified atom stereocenters. The predicted molar refractivity (Wildman–Crippen MR) is 69.9 cm³/mol. The van der Waals surface area contributed by atoms with Gasteiger partial charge >= 0.3 is 5.97 Å². The number of nitrogen functional groups attached to an aromatic ring is 1. The minimum atomic E-state index is -0.972. The van der Waals surface area contributed by atoms with Gasteiger partial charge in [-0.15, -0.1) is 0 Å². The third kappa shape index (κ3) is 2.73. The van der Waals surface area contributed by atoms with Crippen LogP contribution in [0.2, 0.25) is 0 Å². The van der Waals surface area contributed by atoms with Gasteiger partial charge in [-0.1, -0.05) is 0 Å². The van der Waals surface area contributed by atoms with E-state index in [0.29, 0.717) is 24.6 Å². The van der Waals surface area contributed by atoms with Crippen LogP contribution in [0.25, 0.3) is 0 Å². The van der Waals surface area contributed by atoms with Crippen LogP contribution in [0.15, 0.2) is 18.2 Å². The molecule has 0 radical (unpaired) electrons. The molecule has 0 spiro atoms. The van der Waals surface area contributed by atoms with Gasteiger partial charge in [-0.2, -0.15) is 0 Å². The van der Waals surface area contributed by atoms with Crippen molar-refractivity contribution in [1.29, 1.82) is 0 Å². The van der Waals surface area contributed by atoms with E-state index in [4.69, 9.17) is 10.5 Å². The minimum absolute atomic E-state index is 0.126. The maximum Gasteiger partial charge on any atom is 0.337 e. The Bertz CT molecular complexity index is 454. The number of carboxylic acids is 1. The van der Waals surface area contributed by atoms with Crippen LogP contribution >= 0.6 is 0 Å². The van der Waals surface area contributed by atoms with Gasteiger partial charge in [0.2, 0.25) is 0 Å². The molecule has 0 aliphatic carbocycles. The fraction of sp³-hybridized carbons (Fsp3) is 0.462. The van der Waals surface area contributed by atoms with Crippen LogP contribution in [0.5, 0.6) is 0 Å². The van der Waals surface area contributed by atoms with Crippen molar-refractivity contribution in [3.05, 3.63) is 23.8 Å². The van der Waals surface area contributed by atoms with Gasteiger partial charge < -0.3 is 20.9 Å². The first-order valence-electron chi connectivity index (χ1n) is 5.99. The fourth-order valence-electron chi connectivity index (χ4n) is 2.12. The van der Waals surface area contributed by atoms with Crippen LogP contribution in [-0.4, -0.2) is 29.8 Å². The molecule has 1 aromatic carbocycles. The summed E-state index contributed by atoms with van der Waals surface area (Å²) in [5, 5.41) is 12.5. The summed E-state index contributed by atoms with van der Waals surface area (Å²) in [6, 6.07) is 4.91. The molecule has 0 saturated carbocycles. The van der Waals surface area contributed by atoms with Gasteiger partial charge in [0, 0.05) is 30.1 Å². The van der Waals surface area contributed by atoms with Crippen LogP contribution < -0.4 is 11.1 Å². The van der Waals surface area contributed by atoms with E-state index >= 15 is 0 Å². The molecule has 1 aromatic rings. The highest BCUT2D eigenvalue weighted by molar-refractivity contribution is 5.95. The monoisotopic (exact) mass is 250 g/mol. The molecule has 1 aliphatic rings. The van der Waals surface area contributed by atoms with Crippen LogP contribution in [0, 0.1) is 0 Å². The smallest absolute Gasteiger partial charge is 0.337 e. The number of carboxylic acid groups (broad SMARTS) is 1. The number of rotatable bonds is 3. The van der Waals surface area contributed by atoms with Crippen LogP contribution in [-0.2, 0) is 4.74 Å². The fourth-order valence-corrected chi connectivity index (χ4v) is 2.12. The first-order valence-corrected chi connectivity index (χ1v) is 5.99. The molecule has 2 rings (SSSR count). The summed E-state index contributed by atoms with van der Waals surface area (Å²) in [5.41, 5.74) is 6.77. The largest absolute Gasteiger partial charge is 0.478 e. The number of aromatic carboxylic acids is 1. The Kier molecular flexibility index (Phi) is 3.43. The predicted octanol–water partition coefficient (Wildman–Crippen LogP) is 1.95. The van der Waals surface area contributed by atoms with Gasteiger partial charge in [0.15, 0.2) is 0 Å². The van der Waals surface area contributed by atoms with Gasteiger partial charge in [0.05, 0.1) is 5.56 Å². The average molecular weight is 250 g/mol. The number of carbonyl (C=O) groups is 1. The maximum absolute atomic E-state index is 11.2. The summed E-state index contributed by atoms with van der Waals surface area (Å²) in [6.07, 6.45) is 1.72. The van der Waals surface area contributed by atoms with Gasteiger partial charge in [0.1, 0.15) is 0 Å². The van der Waals surface area contributed by atoms with Crippen molar-refractivity contribution in [2.75, 3.05) is 24.3 Å². The summed E-state index contributed by atoms with van der Waals surface area (Å²) in [7, 11) is 0. The molecule has 0 bridgehead atoms. The Balaban J connectivity index is 2.25. The molecule has 0 atom stereocenters. The number of anilines is 2. The minimum Gasteiger partial charge on any atom is -0.478 e. The molecule has 5 heteroatoms. The summed E-state index contributed by atoms with van der Waals surface area (Å²) >= 11 is 0. The molecule has 18 heavy (non-hydrogen) atoms. The van der Waals surface area contributed by atoms with E-state index in [1.54, 1.807) is 12.1 Å². The molecule has 0 aromatic heterocycles. The van der Waals surface area contributed by atoms with Crippen molar-refractivity contribution in [3.63, 3.8) is 0 Å². The zero-order valence-corrected chi connectivity index (χ0v) is 10.4. The summed E-state index contributed by atoms with van der Waals surface area (Å²) in [4.78, 5) is 11.2. The molecule has 5 nitrogen and oxygen atoms in total. The van der Waals surface area contributed by atoms with E-state index in [-0.39, 0.29) is 11.1 Å². The standard InChI is InChI=1S/C13H18N2O3/c1-13(4-6-18-7-5-13)15-11-3-2-9(14)8-10(11)12(16)17/h2-3,8,15H,4-7,14H2,1H3,(H,16,17). The summed E-state index contributed by atoms with van der Waals surface area (Å²) in [5.74, 6) is -0.972. The Morgan fingerprint density at radius 3 is 2.72 bits per heavy atom. The first-order chi connectivity index (χ1) is 8.50. The SMILES string of the molecule is CC1(Nc2ccc(N)cc2C(=O)O)CCOCC1. The highest BCUT2D eigenvalue weighted by Crippen LogP contribution is 2.28. The molecule has 98 valence electrons. The number of nitrogens with one attached hydrogen (secondary N) is 1. The van der Waals surface area contributed by atoms with E-state index in [1.165, 1.54) is 6.07 Å². The quantitative estimate of drug-likeness (QED) is 0.714. The first kappa shape index (κ1) is 12.7. The summed E-state index contributed by atoms with van der Waals surface area (Å²) in [6.45, 7) is 3.47. The van der Waals surface area contributed by atoms with Gasteiger partial charge in [-0.3, -0.25) is 0 Å². The topological polar surface area (TPSA) is 84.6 Å². The molecule has 1 heterocycles. The Morgan fingerprint density at radius 2 is 2.11 bits per heavy atom. The lowest BCUT2D eigenvalue weighted by molar-refractivity contribution is 0.0655. The van der Waals surface area contributed by atoms with E-state index < -0.39 is 5.97 Å². The average Bonchev–Trinajstić information content (AvgIpc) is 2.32.